The van der Waals surface area contributed by atoms with Gasteiger partial charge in [-0.25, -0.2) is 0 Å². The molecule has 0 spiro atoms. The van der Waals surface area contributed by atoms with Crippen LogP contribution in [0.15, 0.2) is 18.2 Å². The summed E-state index contributed by atoms with van der Waals surface area (Å²) in [5, 5.41) is 9.28. The summed E-state index contributed by atoms with van der Waals surface area (Å²) in [6.45, 7) is 2.19. The number of benzene rings is 1. The summed E-state index contributed by atoms with van der Waals surface area (Å²) in [6.07, 6.45) is -1.87. The van der Waals surface area contributed by atoms with Crippen molar-refractivity contribution in [3.63, 3.8) is 0 Å². The molecule has 2 rings (SSSR count). The van der Waals surface area contributed by atoms with Gasteiger partial charge in [0.25, 0.3) is 0 Å². The van der Waals surface area contributed by atoms with Crippen LogP contribution in [0.1, 0.15) is 27.6 Å². The van der Waals surface area contributed by atoms with E-state index in [4.69, 9.17) is 4.74 Å². The molecule has 0 radical (unpaired) electrons. The van der Waals surface area contributed by atoms with Crippen LogP contribution in [-0.4, -0.2) is 35.2 Å². The second-order valence-corrected chi connectivity index (χ2v) is 3.60. The van der Waals surface area contributed by atoms with Gasteiger partial charge in [-0.3, -0.25) is 14.4 Å². The third-order valence-electron chi connectivity index (χ3n) is 2.53. The minimum atomic E-state index is -1.87. The molecule has 5 heteroatoms. The van der Waals surface area contributed by atoms with Crippen molar-refractivity contribution in [3.05, 3.63) is 29.3 Å². The Bertz CT molecular complexity index is 518. The molecule has 17 heavy (non-hydrogen) atoms. The molecule has 1 aromatic carbocycles. The van der Waals surface area contributed by atoms with Gasteiger partial charge < -0.3 is 9.84 Å². The lowest BCUT2D eigenvalue weighted by Gasteiger charge is -2.17. The van der Waals surface area contributed by atoms with E-state index in [1.807, 2.05) is 0 Å². The molecule has 1 atom stereocenters. The molecule has 1 aliphatic rings. The van der Waals surface area contributed by atoms with Crippen molar-refractivity contribution >= 4 is 17.3 Å². The molecular formula is C12H10O5. The van der Waals surface area contributed by atoms with Crippen molar-refractivity contribution in [2.24, 2.45) is 0 Å². The Hall–Kier alpha value is -2.01. The fourth-order valence-corrected chi connectivity index (χ4v) is 1.71. The van der Waals surface area contributed by atoms with Gasteiger partial charge in [0.15, 0.2) is 11.9 Å². The summed E-state index contributed by atoms with van der Waals surface area (Å²) >= 11 is 0. The van der Waals surface area contributed by atoms with Gasteiger partial charge in [0.2, 0.25) is 11.6 Å². The van der Waals surface area contributed by atoms with Crippen molar-refractivity contribution in [3.8, 4) is 5.75 Å². The number of hydrogen-bond donors (Lipinski definition) is 1. The summed E-state index contributed by atoms with van der Waals surface area (Å²) in [5.41, 5.74) is 0.0572. The minimum Gasteiger partial charge on any atom is -0.494 e. The molecule has 0 aliphatic heterocycles. The molecule has 0 saturated carbocycles. The van der Waals surface area contributed by atoms with Crippen molar-refractivity contribution in [2.45, 2.75) is 13.0 Å². The Morgan fingerprint density at radius 3 is 2.53 bits per heavy atom. The maximum Gasteiger partial charge on any atom is 0.239 e. The second-order valence-electron chi connectivity index (χ2n) is 3.60. The number of carbonyl (C=O) groups is 3. The first-order chi connectivity index (χ1) is 8.06. The molecule has 0 heterocycles. The molecular weight excluding hydrogens is 224 g/mol. The number of rotatable bonds is 2. The highest BCUT2D eigenvalue weighted by molar-refractivity contribution is 6.53. The van der Waals surface area contributed by atoms with Crippen molar-refractivity contribution in [1.82, 2.24) is 0 Å². The third-order valence-corrected chi connectivity index (χ3v) is 2.53. The molecule has 0 aromatic heterocycles. The Kier molecular flexibility index (Phi) is 2.77. The zero-order chi connectivity index (χ0) is 12.6. The van der Waals surface area contributed by atoms with Crippen LogP contribution in [0, 0.1) is 0 Å². The van der Waals surface area contributed by atoms with Crippen molar-refractivity contribution < 1.29 is 24.2 Å². The van der Waals surface area contributed by atoms with Gasteiger partial charge in [0.05, 0.1) is 6.61 Å². The largest absolute Gasteiger partial charge is 0.494 e. The molecule has 0 bridgehead atoms. The van der Waals surface area contributed by atoms with Crippen LogP contribution < -0.4 is 4.74 Å². The average Bonchev–Trinajstić information content (AvgIpc) is 2.34. The molecule has 1 N–H and O–H groups in total. The normalized spacial score (nSPS) is 19.2. The number of aliphatic hydroxyl groups is 1. The quantitative estimate of drug-likeness (QED) is 0.591. The fourth-order valence-electron chi connectivity index (χ4n) is 1.71. The number of carbonyl (C=O) groups excluding carboxylic acids is 3. The van der Waals surface area contributed by atoms with Crippen LogP contribution in [0.25, 0.3) is 0 Å². The Labute approximate surface area is 97.0 Å². The molecule has 1 unspecified atom stereocenters. The highest BCUT2D eigenvalue weighted by Gasteiger charge is 2.39. The number of hydrogen-bond acceptors (Lipinski definition) is 5. The van der Waals surface area contributed by atoms with Gasteiger partial charge in [0, 0.05) is 11.1 Å². The molecule has 1 aromatic rings. The monoisotopic (exact) mass is 234 g/mol. The number of ether oxygens (including phenoxy) is 1. The van der Waals surface area contributed by atoms with E-state index in [-0.39, 0.29) is 11.1 Å². The van der Waals surface area contributed by atoms with Gasteiger partial charge in [-0.15, -0.1) is 0 Å². The van der Waals surface area contributed by atoms with Gasteiger partial charge in [-0.05, 0) is 25.1 Å². The zero-order valence-electron chi connectivity index (χ0n) is 9.10. The van der Waals surface area contributed by atoms with Gasteiger partial charge in [-0.1, -0.05) is 0 Å². The lowest BCUT2D eigenvalue weighted by molar-refractivity contribution is -0.120. The van der Waals surface area contributed by atoms with Crippen molar-refractivity contribution in [2.75, 3.05) is 6.61 Å². The minimum absolute atomic E-state index is 0.00347. The number of aliphatic hydroxyl groups excluding tert-OH is 1. The molecule has 5 nitrogen and oxygen atoms in total. The third kappa shape index (κ3) is 1.74. The van der Waals surface area contributed by atoms with E-state index in [9.17, 15) is 19.5 Å². The zero-order valence-corrected chi connectivity index (χ0v) is 9.10. The molecule has 1 aliphatic carbocycles. The molecule has 88 valence electrons. The van der Waals surface area contributed by atoms with E-state index < -0.39 is 23.5 Å². The smallest absolute Gasteiger partial charge is 0.239 e. The Balaban J connectivity index is 2.54. The number of fused-ring (bicyclic) bond motifs is 1. The first-order valence-corrected chi connectivity index (χ1v) is 5.14. The van der Waals surface area contributed by atoms with Crippen LogP contribution >= 0.6 is 0 Å². The summed E-state index contributed by atoms with van der Waals surface area (Å²) < 4.78 is 5.18. The number of ketones is 3. The molecule has 0 fully saturated rings. The predicted molar refractivity (Wildman–Crippen MR) is 57.3 cm³/mol. The average molecular weight is 234 g/mol. The summed E-state index contributed by atoms with van der Waals surface area (Å²) in [4.78, 5) is 34.5. The maximum absolute atomic E-state index is 11.6. The Morgan fingerprint density at radius 1 is 1.18 bits per heavy atom. The number of Topliss-reactive ketones (excluding diaryl/α,β-unsaturated/α-hetero) is 3. The summed E-state index contributed by atoms with van der Waals surface area (Å²) in [5.74, 6) is -2.27. The lowest BCUT2D eigenvalue weighted by atomic mass is 9.86. The summed E-state index contributed by atoms with van der Waals surface area (Å²) in [6, 6.07) is 4.26. The van der Waals surface area contributed by atoms with Crippen LogP contribution in [0.3, 0.4) is 0 Å². The van der Waals surface area contributed by atoms with Crippen molar-refractivity contribution in [1.29, 1.82) is 0 Å². The van der Waals surface area contributed by atoms with Gasteiger partial charge >= 0.3 is 0 Å². The SMILES string of the molecule is CCOc1ccc2c(c1)C(=O)C(=O)C(O)C2=O. The first kappa shape index (κ1) is 11.5. The molecule has 0 saturated heterocycles. The standard InChI is InChI=1S/C12H10O5/c1-2-17-6-3-4-7-8(5-6)10(14)12(16)11(15)9(7)13/h3-5,11,15H,2H2,1H3. The highest BCUT2D eigenvalue weighted by Crippen LogP contribution is 2.24. The van der Waals surface area contributed by atoms with E-state index >= 15 is 0 Å². The van der Waals surface area contributed by atoms with Crippen LogP contribution in [0.4, 0.5) is 0 Å². The van der Waals surface area contributed by atoms with Crippen LogP contribution in [0.2, 0.25) is 0 Å². The van der Waals surface area contributed by atoms with Gasteiger partial charge in [-0.2, -0.15) is 0 Å². The topological polar surface area (TPSA) is 80.7 Å². The van der Waals surface area contributed by atoms with E-state index in [0.29, 0.717) is 12.4 Å². The van der Waals surface area contributed by atoms with E-state index in [1.54, 1.807) is 6.92 Å². The fraction of sp³-hybridized carbons (Fsp3) is 0.250. The van der Waals surface area contributed by atoms with E-state index in [1.165, 1.54) is 18.2 Å². The second kappa shape index (κ2) is 4.10. The van der Waals surface area contributed by atoms with Crippen LogP contribution in [0.5, 0.6) is 5.75 Å². The van der Waals surface area contributed by atoms with E-state index in [2.05, 4.69) is 0 Å². The van der Waals surface area contributed by atoms with Crippen LogP contribution in [-0.2, 0) is 4.79 Å². The van der Waals surface area contributed by atoms with Gasteiger partial charge in [0.1, 0.15) is 5.75 Å². The predicted octanol–water partition coefficient (Wildman–Crippen LogP) is 0.394. The lowest BCUT2D eigenvalue weighted by Crippen LogP contribution is -2.41. The molecule has 0 amide bonds. The first-order valence-electron chi connectivity index (χ1n) is 5.14. The highest BCUT2D eigenvalue weighted by atomic mass is 16.5. The Morgan fingerprint density at radius 2 is 1.88 bits per heavy atom. The maximum atomic E-state index is 11.6. The van der Waals surface area contributed by atoms with E-state index in [0.717, 1.165) is 0 Å². The summed E-state index contributed by atoms with van der Waals surface area (Å²) in [7, 11) is 0.